The average Bonchev–Trinajstić information content (AvgIpc) is 3.18. The van der Waals surface area contributed by atoms with E-state index in [9.17, 15) is 9.59 Å². The molecule has 1 aliphatic rings. The van der Waals surface area contributed by atoms with Gasteiger partial charge in [0.25, 0.3) is 5.91 Å². The molecule has 2 aromatic rings. The summed E-state index contributed by atoms with van der Waals surface area (Å²) in [5.41, 5.74) is 3.88. The average molecular weight is 315 g/mol. The molecule has 0 spiro atoms. The van der Waals surface area contributed by atoms with Crippen molar-refractivity contribution in [2.45, 2.75) is 32.3 Å². The molecule has 1 atom stereocenters. The van der Waals surface area contributed by atoms with Crippen molar-refractivity contribution >= 4 is 28.9 Å². The van der Waals surface area contributed by atoms with Gasteiger partial charge in [0.2, 0.25) is 0 Å². The maximum atomic E-state index is 12.1. The van der Waals surface area contributed by atoms with Crippen LogP contribution in [0.4, 0.5) is 5.69 Å². The van der Waals surface area contributed by atoms with Crippen LogP contribution in [0, 0.1) is 0 Å². The molecule has 0 bridgehead atoms. The SMILES string of the molecule is C[C@@H](OC(=O)c1ccsc1)C(=O)Nc1ccc2c(c1)CCC2. The number of anilines is 1. The molecule has 1 N–H and O–H groups in total. The molecule has 5 heteroatoms. The molecule has 1 aromatic carbocycles. The predicted molar refractivity (Wildman–Crippen MR) is 86.3 cm³/mol. The molecular weight excluding hydrogens is 298 g/mol. The minimum absolute atomic E-state index is 0.318. The van der Waals surface area contributed by atoms with E-state index in [0.29, 0.717) is 5.56 Å². The molecule has 3 rings (SSSR count). The number of rotatable bonds is 4. The Morgan fingerprint density at radius 3 is 2.82 bits per heavy atom. The number of thiophene rings is 1. The zero-order valence-electron chi connectivity index (χ0n) is 12.3. The number of amides is 1. The first-order chi connectivity index (χ1) is 10.6. The lowest BCUT2D eigenvalue weighted by Gasteiger charge is -2.13. The summed E-state index contributed by atoms with van der Waals surface area (Å²) in [7, 11) is 0. The van der Waals surface area contributed by atoms with E-state index in [-0.39, 0.29) is 5.91 Å². The quantitative estimate of drug-likeness (QED) is 0.880. The van der Waals surface area contributed by atoms with E-state index in [1.807, 2.05) is 12.1 Å². The van der Waals surface area contributed by atoms with Crippen LogP contribution in [0.2, 0.25) is 0 Å². The van der Waals surface area contributed by atoms with Gasteiger partial charge in [-0.3, -0.25) is 4.79 Å². The predicted octanol–water partition coefficient (Wildman–Crippen LogP) is 3.42. The fourth-order valence-electron chi connectivity index (χ4n) is 2.56. The number of carbonyl (C=O) groups excluding carboxylic acids is 2. The molecule has 4 nitrogen and oxygen atoms in total. The third kappa shape index (κ3) is 3.20. The molecular formula is C17H17NO3S. The summed E-state index contributed by atoms with van der Waals surface area (Å²) >= 11 is 1.42. The topological polar surface area (TPSA) is 55.4 Å². The summed E-state index contributed by atoms with van der Waals surface area (Å²) in [4.78, 5) is 24.0. The van der Waals surface area contributed by atoms with Gasteiger partial charge in [-0.05, 0) is 60.9 Å². The lowest BCUT2D eigenvalue weighted by molar-refractivity contribution is -0.123. The van der Waals surface area contributed by atoms with E-state index in [0.717, 1.165) is 18.5 Å². The second-order valence-corrected chi connectivity index (χ2v) is 6.17. The van der Waals surface area contributed by atoms with Gasteiger partial charge in [0, 0.05) is 11.1 Å². The van der Waals surface area contributed by atoms with Crippen LogP contribution in [0.3, 0.4) is 0 Å². The molecule has 0 saturated heterocycles. The van der Waals surface area contributed by atoms with Crippen molar-refractivity contribution in [2.24, 2.45) is 0 Å². The van der Waals surface area contributed by atoms with Crippen LogP contribution in [0.25, 0.3) is 0 Å². The molecule has 114 valence electrons. The molecule has 0 unspecified atom stereocenters. The first-order valence-corrected chi connectivity index (χ1v) is 8.23. The molecule has 0 aliphatic heterocycles. The maximum Gasteiger partial charge on any atom is 0.339 e. The van der Waals surface area contributed by atoms with Crippen LogP contribution in [0.5, 0.6) is 0 Å². The summed E-state index contributed by atoms with van der Waals surface area (Å²) in [6, 6.07) is 7.64. The Balaban J connectivity index is 1.60. The molecule has 0 radical (unpaired) electrons. The summed E-state index contributed by atoms with van der Waals surface area (Å²) in [6.45, 7) is 1.58. The van der Waals surface area contributed by atoms with Crippen LogP contribution >= 0.6 is 11.3 Å². The van der Waals surface area contributed by atoms with Crippen LogP contribution in [-0.4, -0.2) is 18.0 Å². The fraction of sp³-hybridized carbons (Fsp3) is 0.294. The first kappa shape index (κ1) is 14.8. The molecule has 22 heavy (non-hydrogen) atoms. The van der Waals surface area contributed by atoms with E-state index in [4.69, 9.17) is 4.74 Å². The smallest absolute Gasteiger partial charge is 0.339 e. The highest BCUT2D eigenvalue weighted by atomic mass is 32.1. The zero-order chi connectivity index (χ0) is 15.5. The Hall–Kier alpha value is -2.14. The van der Waals surface area contributed by atoms with Gasteiger partial charge in [0.15, 0.2) is 6.10 Å². The largest absolute Gasteiger partial charge is 0.449 e. The number of esters is 1. The fourth-order valence-corrected chi connectivity index (χ4v) is 3.18. The van der Waals surface area contributed by atoms with E-state index >= 15 is 0 Å². The Labute approximate surface area is 133 Å². The number of ether oxygens (including phenoxy) is 1. The van der Waals surface area contributed by atoms with Crippen LogP contribution in [0.1, 0.15) is 34.8 Å². The van der Waals surface area contributed by atoms with Crippen molar-refractivity contribution in [1.82, 2.24) is 0 Å². The van der Waals surface area contributed by atoms with Gasteiger partial charge >= 0.3 is 5.97 Å². The number of carbonyl (C=O) groups is 2. The molecule has 1 heterocycles. The lowest BCUT2D eigenvalue weighted by Crippen LogP contribution is -2.29. The molecule has 0 fully saturated rings. The summed E-state index contributed by atoms with van der Waals surface area (Å²) < 4.78 is 5.18. The zero-order valence-corrected chi connectivity index (χ0v) is 13.1. The highest BCUT2D eigenvalue weighted by molar-refractivity contribution is 7.08. The Morgan fingerprint density at radius 2 is 2.05 bits per heavy atom. The maximum absolute atomic E-state index is 12.1. The van der Waals surface area contributed by atoms with E-state index in [2.05, 4.69) is 11.4 Å². The van der Waals surface area contributed by atoms with Crippen molar-refractivity contribution in [3.05, 3.63) is 51.7 Å². The minimum atomic E-state index is -0.833. The molecule has 1 amide bonds. The van der Waals surface area contributed by atoms with E-state index in [1.54, 1.807) is 23.8 Å². The number of fused-ring (bicyclic) bond motifs is 1. The summed E-state index contributed by atoms with van der Waals surface area (Å²) in [5.74, 6) is -0.792. The second-order valence-electron chi connectivity index (χ2n) is 5.39. The van der Waals surface area contributed by atoms with E-state index in [1.165, 1.54) is 28.9 Å². The van der Waals surface area contributed by atoms with Gasteiger partial charge in [-0.25, -0.2) is 4.79 Å². The number of hydrogen-bond acceptors (Lipinski definition) is 4. The van der Waals surface area contributed by atoms with Crippen molar-refractivity contribution in [3.63, 3.8) is 0 Å². The van der Waals surface area contributed by atoms with Gasteiger partial charge in [0.1, 0.15) is 0 Å². The molecule has 0 saturated carbocycles. The van der Waals surface area contributed by atoms with Gasteiger partial charge in [-0.1, -0.05) is 6.07 Å². The van der Waals surface area contributed by atoms with Gasteiger partial charge < -0.3 is 10.1 Å². The van der Waals surface area contributed by atoms with Crippen LogP contribution in [-0.2, 0) is 22.4 Å². The van der Waals surface area contributed by atoms with Crippen molar-refractivity contribution in [1.29, 1.82) is 0 Å². The third-order valence-electron chi connectivity index (χ3n) is 3.78. The number of benzene rings is 1. The highest BCUT2D eigenvalue weighted by Gasteiger charge is 2.20. The Bertz CT molecular complexity index is 694. The first-order valence-electron chi connectivity index (χ1n) is 7.29. The number of hydrogen-bond donors (Lipinski definition) is 1. The molecule has 1 aliphatic carbocycles. The van der Waals surface area contributed by atoms with Gasteiger partial charge in [0.05, 0.1) is 5.56 Å². The van der Waals surface area contributed by atoms with Crippen molar-refractivity contribution < 1.29 is 14.3 Å². The Morgan fingerprint density at radius 1 is 1.23 bits per heavy atom. The Kier molecular flexibility index (Phi) is 4.24. The normalized spacial score (nSPS) is 14.2. The monoisotopic (exact) mass is 315 g/mol. The van der Waals surface area contributed by atoms with E-state index < -0.39 is 12.1 Å². The third-order valence-corrected chi connectivity index (χ3v) is 4.46. The minimum Gasteiger partial charge on any atom is -0.449 e. The number of aryl methyl sites for hydroxylation is 2. The summed E-state index contributed by atoms with van der Waals surface area (Å²) in [5, 5.41) is 6.31. The highest BCUT2D eigenvalue weighted by Crippen LogP contribution is 2.25. The van der Waals surface area contributed by atoms with Crippen LogP contribution < -0.4 is 5.32 Å². The summed E-state index contributed by atoms with van der Waals surface area (Å²) in [6.07, 6.45) is 2.50. The van der Waals surface area contributed by atoms with Gasteiger partial charge in [-0.2, -0.15) is 11.3 Å². The van der Waals surface area contributed by atoms with Crippen LogP contribution in [0.15, 0.2) is 35.0 Å². The number of nitrogens with one attached hydrogen (secondary N) is 1. The lowest BCUT2D eigenvalue weighted by atomic mass is 10.1. The van der Waals surface area contributed by atoms with Gasteiger partial charge in [-0.15, -0.1) is 0 Å². The van der Waals surface area contributed by atoms with Crippen molar-refractivity contribution in [2.75, 3.05) is 5.32 Å². The molecule has 1 aromatic heterocycles. The second kappa shape index (κ2) is 6.32. The standard InChI is InChI=1S/C17H17NO3S/c1-11(21-17(20)14-7-8-22-10-14)16(19)18-15-6-5-12-3-2-4-13(12)9-15/h5-11H,2-4H2,1H3,(H,18,19)/t11-/m1/s1. The van der Waals surface area contributed by atoms with Crippen molar-refractivity contribution in [3.8, 4) is 0 Å².